The predicted octanol–water partition coefficient (Wildman–Crippen LogP) is 4.49. The fourth-order valence-corrected chi connectivity index (χ4v) is 1.95. The van der Waals surface area contributed by atoms with Crippen LogP contribution in [-0.2, 0) is 0 Å². The first-order chi connectivity index (χ1) is 9.26. The molecule has 0 fully saturated rings. The first kappa shape index (κ1) is 13.1. The van der Waals surface area contributed by atoms with Crippen molar-refractivity contribution < 1.29 is 0 Å². The molecule has 0 atom stereocenters. The second-order valence-corrected chi connectivity index (χ2v) is 4.17. The molecule has 0 aliphatic rings. The molecule has 98 valence electrons. The maximum atomic E-state index is 4.32. The normalized spacial score (nSPS) is 10.7. The Labute approximate surface area is 113 Å². The summed E-state index contributed by atoms with van der Waals surface area (Å²) in [4.78, 5) is 0. The number of anilines is 2. The molecule has 0 unspecified atom stereocenters. The molecular formula is C15H18N4. The van der Waals surface area contributed by atoms with Crippen molar-refractivity contribution in [2.75, 3.05) is 24.7 Å². The average molecular weight is 254 g/mol. The van der Waals surface area contributed by atoms with Gasteiger partial charge in [0.05, 0.1) is 22.7 Å². The lowest BCUT2D eigenvalue weighted by molar-refractivity contribution is 1.21. The summed E-state index contributed by atoms with van der Waals surface area (Å²) >= 11 is 0. The Bertz CT molecular complexity index is 576. The summed E-state index contributed by atoms with van der Waals surface area (Å²) in [5.74, 6) is 0. The fraction of sp³-hybridized carbons (Fsp3) is 0.200. The smallest absolute Gasteiger partial charge is 0.0908 e. The van der Waals surface area contributed by atoms with E-state index in [1.807, 2.05) is 63.5 Å². The van der Waals surface area contributed by atoms with Gasteiger partial charge in [0.15, 0.2) is 0 Å². The third kappa shape index (κ3) is 2.91. The van der Waals surface area contributed by atoms with Crippen LogP contribution in [-0.4, -0.2) is 14.1 Å². The summed E-state index contributed by atoms with van der Waals surface area (Å²) in [7, 11) is 3.81. The van der Waals surface area contributed by atoms with Crippen LogP contribution in [0.4, 0.5) is 22.7 Å². The third-order valence-corrected chi connectivity index (χ3v) is 2.99. The summed E-state index contributed by atoms with van der Waals surface area (Å²) in [6.45, 7) is 2.03. The Kier molecular flexibility index (Phi) is 4.13. The largest absolute Gasteiger partial charge is 0.386 e. The highest BCUT2D eigenvalue weighted by Crippen LogP contribution is 2.33. The van der Waals surface area contributed by atoms with Crippen LogP contribution in [0.3, 0.4) is 0 Å². The summed E-state index contributed by atoms with van der Waals surface area (Å²) in [5, 5.41) is 14.9. The number of benzene rings is 2. The minimum Gasteiger partial charge on any atom is -0.386 e. The second-order valence-electron chi connectivity index (χ2n) is 4.17. The van der Waals surface area contributed by atoms with E-state index in [-0.39, 0.29) is 0 Å². The third-order valence-electron chi connectivity index (χ3n) is 2.99. The van der Waals surface area contributed by atoms with E-state index in [4.69, 9.17) is 0 Å². The van der Waals surface area contributed by atoms with Crippen LogP contribution in [0.2, 0.25) is 0 Å². The van der Waals surface area contributed by atoms with Gasteiger partial charge in [-0.15, -0.1) is 0 Å². The molecule has 2 aromatic carbocycles. The molecule has 0 saturated heterocycles. The monoisotopic (exact) mass is 254 g/mol. The predicted molar refractivity (Wildman–Crippen MR) is 80.9 cm³/mol. The molecule has 2 rings (SSSR count). The van der Waals surface area contributed by atoms with Crippen molar-refractivity contribution in [1.82, 2.24) is 0 Å². The first-order valence-corrected chi connectivity index (χ1v) is 6.22. The van der Waals surface area contributed by atoms with Gasteiger partial charge in [-0.05, 0) is 31.2 Å². The zero-order chi connectivity index (χ0) is 13.7. The van der Waals surface area contributed by atoms with Crippen molar-refractivity contribution in [1.29, 1.82) is 0 Å². The van der Waals surface area contributed by atoms with Crippen molar-refractivity contribution in [2.45, 2.75) is 6.92 Å². The zero-order valence-corrected chi connectivity index (χ0v) is 11.4. The Hall–Kier alpha value is -2.36. The van der Waals surface area contributed by atoms with Gasteiger partial charge in [-0.2, -0.15) is 10.2 Å². The van der Waals surface area contributed by atoms with Crippen LogP contribution in [0.15, 0.2) is 52.7 Å². The number of rotatable bonds is 4. The molecule has 0 aliphatic carbocycles. The lowest BCUT2D eigenvalue weighted by Gasteiger charge is -2.13. The zero-order valence-electron chi connectivity index (χ0n) is 11.4. The SMILES string of the molecule is CNc1ccc(/N=N/c2ccccc2)c(C)c1NC. The average Bonchev–Trinajstić information content (AvgIpc) is 2.46. The first-order valence-electron chi connectivity index (χ1n) is 6.22. The van der Waals surface area contributed by atoms with E-state index >= 15 is 0 Å². The van der Waals surface area contributed by atoms with Gasteiger partial charge >= 0.3 is 0 Å². The number of hydrogen-bond donors (Lipinski definition) is 2. The molecule has 0 aromatic heterocycles. The quantitative estimate of drug-likeness (QED) is 0.789. The summed E-state index contributed by atoms with van der Waals surface area (Å²) in [6, 6.07) is 13.7. The number of azo groups is 1. The van der Waals surface area contributed by atoms with Gasteiger partial charge in [0, 0.05) is 19.7 Å². The summed E-state index contributed by atoms with van der Waals surface area (Å²) in [5.41, 5.74) is 4.90. The Balaban J connectivity index is 2.34. The number of nitrogens with one attached hydrogen (secondary N) is 2. The van der Waals surface area contributed by atoms with E-state index < -0.39 is 0 Å². The van der Waals surface area contributed by atoms with Crippen LogP contribution in [0.5, 0.6) is 0 Å². The molecule has 0 saturated carbocycles. The van der Waals surface area contributed by atoms with Crippen LogP contribution in [0, 0.1) is 6.92 Å². The van der Waals surface area contributed by atoms with E-state index in [1.165, 1.54) is 0 Å². The van der Waals surface area contributed by atoms with Crippen molar-refractivity contribution in [3.63, 3.8) is 0 Å². The summed E-state index contributed by atoms with van der Waals surface area (Å²) < 4.78 is 0. The number of hydrogen-bond acceptors (Lipinski definition) is 4. The standard InChI is InChI=1S/C15H18N4/c1-11-13(9-10-14(16-2)15(11)17-3)19-18-12-7-5-4-6-8-12/h4-10,16-17H,1-3H3/b19-18+. The van der Waals surface area contributed by atoms with Gasteiger partial charge in [-0.25, -0.2) is 0 Å². The molecule has 0 radical (unpaired) electrons. The fourth-order valence-electron chi connectivity index (χ4n) is 1.95. The van der Waals surface area contributed by atoms with E-state index in [9.17, 15) is 0 Å². The van der Waals surface area contributed by atoms with Gasteiger partial charge in [0.2, 0.25) is 0 Å². The van der Waals surface area contributed by atoms with Crippen molar-refractivity contribution in [3.05, 3.63) is 48.0 Å². The molecule has 4 heteroatoms. The molecule has 0 amide bonds. The van der Waals surface area contributed by atoms with Gasteiger partial charge < -0.3 is 10.6 Å². The Morgan fingerprint density at radius 1 is 0.842 bits per heavy atom. The van der Waals surface area contributed by atoms with Crippen LogP contribution >= 0.6 is 0 Å². The Morgan fingerprint density at radius 2 is 1.58 bits per heavy atom. The van der Waals surface area contributed by atoms with Crippen LogP contribution < -0.4 is 10.6 Å². The highest BCUT2D eigenvalue weighted by Gasteiger charge is 2.07. The molecular weight excluding hydrogens is 236 g/mol. The van der Waals surface area contributed by atoms with Gasteiger partial charge in [0.25, 0.3) is 0 Å². The molecule has 0 aliphatic heterocycles. The topological polar surface area (TPSA) is 48.8 Å². The van der Waals surface area contributed by atoms with Crippen molar-refractivity contribution in [2.24, 2.45) is 10.2 Å². The molecule has 0 heterocycles. The van der Waals surface area contributed by atoms with Crippen LogP contribution in [0.1, 0.15) is 5.56 Å². The molecule has 0 spiro atoms. The van der Waals surface area contributed by atoms with Gasteiger partial charge in [-0.1, -0.05) is 18.2 Å². The maximum absolute atomic E-state index is 4.32. The minimum absolute atomic E-state index is 0.852. The van der Waals surface area contributed by atoms with E-state index in [1.54, 1.807) is 0 Å². The van der Waals surface area contributed by atoms with Gasteiger partial charge in [-0.3, -0.25) is 0 Å². The lowest BCUT2D eigenvalue weighted by atomic mass is 10.1. The molecule has 19 heavy (non-hydrogen) atoms. The van der Waals surface area contributed by atoms with E-state index in [0.29, 0.717) is 0 Å². The lowest BCUT2D eigenvalue weighted by Crippen LogP contribution is -1.98. The van der Waals surface area contributed by atoms with Crippen molar-refractivity contribution >= 4 is 22.7 Å². The maximum Gasteiger partial charge on any atom is 0.0908 e. The van der Waals surface area contributed by atoms with Gasteiger partial charge in [0.1, 0.15) is 0 Å². The van der Waals surface area contributed by atoms with E-state index in [0.717, 1.165) is 28.3 Å². The highest BCUT2D eigenvalue weighted by molar-refractivity contribution is 5.77. The van der Waals surface area contributed by atoms with E-state index in [2.05, 4.69) is 20.9 Å². The summed E-state index contributed by atoms with van der Waals surface area (Å²) in [6.07, 6.45) is 0. The van der Waals surface area contributed by atoms with Crippen molar-refractivity contribution in [3.8, 4) is 0 Å². The molecule has 0 bridgehead atoms. The highest BCUT2D eigenvalue weighted by atomic mass is 15.1. The Morgan fingerprint density at radius 3 is 2.21 bits per heavy atom. The number of nitrogens with zero attached hydrogens (tertiary/aromatic N) is 2. The molecule has 2 N–H and O–H groups in total. The van der Waals surface area contributed by atoms with Crippen LogP contribution in [0.25, 0.3) is 0 Å². The second kappa shape index (κ2) is 6.00. The minimum atomic E-state index is 0.852. The molecule has 2 aromatic rings. The molecule has 4 nitrogen and oxygen atoms in total.